The average molecular weight is 656 g/mol. The second kappa shape index (κ2) is 30.4. The predicted molar refractivity (Wildman–Crippen MR) is 182 cm³/mol. The molecule has 0 fully saturated rings. The van der Waals surface area contributed by atoms with Gasteiger partial charge in [0.15, 0.2) is 12.4 Å². The van der Waals surface area contributed by atoms with Gasteiger partial charge in [-0.15, -0.1) is 0 Å². The Morgan fingerprint density at radius 2 is 1.11 bits per heavy atom. The maximum absolute atomic E-state index is 12.6. The Hall–Kier alpha value is -1.97. The molecule has 0 aliphatic rings. The molecule has 0 aromatic rings. The maximum atomic E-state index is 12.6. The number of hydrogen-bond donors (Lipinski definition) is 0. The lowest BCUT2D eigenvalue weighted by molar-refractivity contribution is -0.870. The second-order valence-electron chi connectivity index (χ2n) is 13.5. The number of nitrogens with zero attached hydrogens (tertiary/aromatic N) is 1. The van der Waals surface area contributed by atoms with Crippen LogP contribution >= 0.6 is 0 Å². The molecule has 270 valence electrons. The molecule has 46 heavy (non-hydrogen) atoms. The summed E-state index contributed by atoms with van der Waals surface area (Å²) in [5, 5.41) is 11.6. The van der Waals surface area contributed by atoms with E-state index in [0.29, 0.717) is 23.9 Å². The summed E-state index contributed by atoms with van der Waals surface area (Å²) in [7, 11) is 5.89. The summed E-state index contributed by atoms with van der Waals surface area (Å²) in [6.45, 7) is 4.65. The number of likely N-dealkylation sites (N-methyl/N-ethyl adjacent to an activating group) is 1. The highest BCUT2D eigenvalue weighted by Gasteiger charge is 2.21. The molecule has 0 amide bonds. The normalized spacial score (nSPS) is 13.2. The summed E-state index contributed by atoms with van der Waals surface area (Å²) in [5.74, 6) is -2.30. The van der Waals surface area contributed by atoms with Crippen LogP contribution in [-0.2, 0) is 33.3 Å². The van der Waals surface area contributed by atoms with Crippen LogP contribution in [0.1, 0.15) is 149 Å². The van der Waals surface area contributed by atoms with Crippen LogP contribution in [0.5, 0.6) is 0 Å². The van der Waals surface area contributed by atoms with Crippen molar-refractivity contribution >= 4 is 17.9 Å². The summed E-state index contributed by atoms with van der Waals surface area (Å²) in [6, 6.07) is 0. The molecule has 0 aromatic heterocycles. The van der Waals surface area contributed by atoms with Gasteiger partial charge in [0.25, 0.3) is 0 Å². The highest BCUT2D eigenvalue weighted by atomic mass is 16.7. The third kappa shape index (κ3) is 30.7. The smallest absolute Gasteiger partial charge is 0.306 e. The third-order valence-electron chi connectivity index (χ3n) is 7.76. The van der Waals surface area contributed by atoms with E-state index in [1.54, 1.807) is 0 Å². The fourth-order valence-corrected chi connectivity index (χ4v) is 4.82. The molecule has 0 radical (unpaired) electrons. The first-order valence-corrected chi connectivity index (χ1v) is 18.3. The molecule has 0 aliphatic heterocycles. The van der Waals surface area contributed by atoms with E-state index in [4.69, 9.17) is 18.9 Å². The average Bonchev–Trinajstić information content (AvgIpc) is 3.00. The molecule has 0 saturated carbocycles. The van der Waals surface area contributed by atoms with Gasteiger partial charge in [-0.2, -0.15) is 0 Å². The lowest BCUT2D eigenvalue weighted by atomic mass is 10.1. The van der Waals surface area contributed by atoms with Gasteiger partial charge in [-0.1, -0.05) is 109 Å². The van der Waals surface area contributed by atoms with E-state index in [2.05, 4.69) is 26.0 Å². The Bertz CT molecular complexity index is 780. The Labute approximate surface area is 281 Å². The number of esters is 2. The van der Waals surface area contributed by atoms with Crippen molar-refractivity contribution in [2.24, 2.45) is 0 Å². The summed E-state index contributed by atoms with van der Waals surface area (Å²) in [4.78, 5) is 36.5. The van der Waals surface area contributed by atoms with Crippen LogP contribution in [0.4, 0.5) is 0 Å². The fraction of sp³-hybridized carbons (Fsp3) is 0.865. The number of rotatable bonds is 33. The molecule has 0 aromatic carbocycles. The summed E-state index contributed by atoms with van der Waals surface area (Å²) < 4.78 is 22.3. The summed E-state index contributed by atoms with van der Waals surface area (Å²) in [6.07, 6.45) is 24.0. The molecule has 2 unspecified atom stereocenters. The van der Waals surface area contributed by atoms with E-state index >= 15 is 0 Å². The predicted octanol–water partition coefficient (Wildman–Crippen LogP) is 7.04. The number of ether oxygens (including phenoxy) is 4. The zero-order valence-electron chi connectivity index (χ0n) is 30.2. The molecule has 9 heteroatoms. The molecule has 2 atom stereocenters. The van der Waals surface area contributed by atoms with Gasteiger partial charge in [0, 0.05) is 12.8 Å². The standard InChI is InChI=1S/C37H69NO8/c1-6-8-10-12-14-15-16-17-18-19-20-22-24-26-28-35(40)46-33(31-44-34(39)27-25-23-21-13-11-9-7-2)32-45-37(36(41)42)43-30-29-38(3,4)5/h16-17,33,37H,6-15,18-32H2,1-5H3/b17-16-. The lowest BCUT2D eigenvalue weighted by Gasteiger charge is -2.26. The number of carboxylic acid groups (broad SMARTS) is 1. The molecule has 0 rings (SSSR count). The van der Waals surface area contributed by atoms with E-state index in [-0.39, 0.29) is 32.2 Å². The molecular weight excluding hydrogens is 586 g/mol. The SMILES string of the molecule is CCCCCCC/C=C\CCCCCCCC(=O)OC(COC(=O)CCCCCCCCC)COC(OCC[N+](C)(C)C)C(=O)[O-]. The minimum Gasteiger partial charge on any atom is -0.545 e. The van der Waals surface area contributed by atoms with Crippen molar-refractivity contribution in [3.8, 4) is 0 Å². The van der Waals surface area contributed by atoms with Crippen LogP contribution < -0.4 is 5.11 Å². The van der Waals surface area contributed by atoms with Gasteiger partial charge in [-0.05, 0) is 38.5 Å². The topological polar surface area (TPSA) is 111 Å². The number of aliphatic carboxylic acids is 1. The van der Waals surface area contributed by atoms with Crippen LogP contribution in [0.25, 0.3) is 0 Å². The summed E-state index contributed by atoms with van der Waals surface area (Å²) in [5.41, 5.74) is 0. The van der Waals surface area contributed by atoms with Gasteiger partial charge in [0.05, 0.1) is 40.3 Å². The van der Waals surface area contributed by atoms with Gasteiger partial charge in [-0.3, -0.25) is 9.59 Å². The first-order chi connectivity index (χ1) is 22.1. The zero-order valence-corrected chi connectivity index (χ0v) is 30.2. The molecule has 0 bridgehead atoms. The molecule has 0 saturated heterocycles. The number of carbonyl (C=O) groups is 3. The van der Waals surface area contributed by atoms with E-state index in [0.717, 1.165) is 51.4 Å². The zero-order chi connectivity index (χ0) is 34.3. The van der Waals surface area contributed by atoms with Crippen LogP contribution in [0.3, 0.4) is 0 Å². The Balaban J connectivity index is 4.54. The van der Waals surface area contributed by atoms with Crippen molar-refractivity contribution in [3.05, 3.63) is 12.2 Å². The highest BCUT2D eigenvalue weighted by Crippen LogP contribution is 2.12. The van der Waals surface area contributed by atoms with Crippen LogP contribution in [0.2, 0.25) is 0 Å². The highest BCUT2D eigenvalue weighted by molar-refractivity contribution is 5.70. The molecule has 0 N–H and O–H groups in total. The molecule has 0 heterocycles. The monoisotopic (exact) mass is 656 g/mol. The molecule has 0 aliphatic carbocycles. The minimum atomic E-state index is -1.61. The number of carboxylic acids is 1. The summed E-state index contributed by atoms with van der Waals surface area (Å²) >= 11 is 0. The maximum Gasteiger partial charge on any atom is 0.306 e. The number of unbranched alkanes of at least 4 members (excludes halogenated alkanes) is 16. The third-order valence-corrected chi connectivity index (χ3v) is 7.76. The van der Waals surface area contributed by atoms with Crippen molar-refractivity contribution in [1.29, 1.82) is 0 Å². The van der Waals surface area contributed by atoms with Crippen LogP contribution in [-0.4, -0.2) is 82.3 Å². The molecule has 0 spiro atoms. The van der Waals surface area contributed by atoms with E-state index in [9.17, 15) is 19.5 Å². The Morgan fingerprint density at radius 1 is 0.630 bits per heavy atom. The van der Waals surface area contributed by atoms with E-state index < -0.39 is 24.3 Å². The van der Waals surface area contributed by atoms with Crippen molar-refractivity contribution in [3.63, 3.8) is 0 Å². The fourth-order valence-electron chi connectivity index (χ4n) is 4.82. The van der Waals surface area contributed by atoms with Crippen molar-refractivity contribution in [2.75, 3.05) is 47.5 Å². The molecular formula is C37H69NO8. The number of carbonyl (C=O) groups excluding carboxylic acids is 3. The first kappa shape index (κ1) is 44.0. The van der Waals surface area contributed by atoms with Gasteiger partial charge in [0.1, 0.15) is 13.2 Å². The van der Waals surface area contributed by atoms with Gasteiger partial charge in [-0.25, -0.2) is 0 Å². The second-order valence-corrected chi connectivity index (χ2v) is 13.5. The van der Waals surface area contributed by atoms with Crippen LogP contribution in [0.15, 0.2) is 12.2 Å². The quantitative estimate of drug-likeness (QED) is 0.0243. The lowest BCUT2D eigenvalue weighted by Crippen LogP contribution is -2.44. The first-order valence-electron chi connectivity index (χ1n) is 18.3. The van der Waals surface area contributed by atoms with E-state index in [1.165, 1.54) is 64.2 Å². The van der Waals surface area contributed by atoms with Crippen LogP contribution in [0, 0.1) is 0 Å². The Kier molecular flexibility index (Phi) is 29.1. The van der Waals surface area contributed by atoms with Crippen molar-refractivity contribution < 1.29 is 42.9 Å². The van der Waals surface area contributed by atoms with Gasteiger partial charge < -0.3 is 33.3 Å². The number of hydrogen-bond acceptors (Lipinski definition) is 8. The largest absolute Gasteiger partial charge is 0.545 e. The number of quaternary nitrogens is 1. The van der Waals surface area contributed by atoms with Gasteiger partial charge in [0.2, 0.25) is 0 Å². The van der Waals surface area contributed by atoms with E-state index in [1.807, 2.05) is 21.1 Å². The van der Waals surface area contributed by atoms with Crippen molar-refractivity contribution in [1.82, 2.24) is 0 Å². The van der Waals surface area contributed by atoms with Gasteiger partial charge >= 0.3 is 11.9 Å². The minimum absolute atomic E-state index is 0.148. The Morgan fingerprint density at radius 3 is 1.61 bits per heavy atom. The number of allylic oxidation sites excluding steroid dienone is 2. The molecule has 9 nitrogen and oxygen atoms in total. The van der Waals surface area contributed by atoms with Crippen molar-refractivity contribution in [2.45, 2.75) is 161 Å².